The highest BCUT2D eigenvalue weighted by Crippen LogP contribution is 2.34. The molecule has 0 unspecified atom stereocenters. The molecule has 0 saturated carbocycles. The summed E-state index contributed by atoms with van der Waals surface area (Å²) in [5.74, 6) is -2.65. The van der Waals surface area contributed by atoms with Crippen LogP contribution >= 0.6 is 11.3 Å². The van der Waals surface area contributed by atoms with Gasteiger partial charge in [0.1, 0.15) is 23.7 Å². The van der Waals surface area contributed by atoms with Crippen molar-refractivity contribution in [3.05, 3.63) is 64.7 Å². The number of urea groups is 1. The summed E-state index contributed by atoms with van der Waals surface area (Å²) in [6, 6.07) is 9.76. The lowest BCUT2D eigenvalue weighted by Crippen LogP contribution is -2.47. The first kappa shape index (κ1) is 22.4. The number of carbonyl (C=O) groups is 3. The predicted octanol–water partition coefficient (Wildman–Crippen LogP) is 3.75. The quantitative estimate of drug-likeness (QED) is 0.572. The van der Waals surface area contributed by atoms with Crippen LogP contribution in [0.25, 0.3) is 10.2 Å². The van der Waals surface area contributed by atoms with Crippen LogP contribution in [0.4, 0.5) is 13.6 Å². The number of para-hydroxylation sites is 1. The van der Waals surface area contributed by atoms with Gasteiger partial charge in [0.15, 0.2) is 0 Å². The summed E-state index contributed by atoms with van der Waals surface area (Å²) >= 11 is 1.61. The molecule has 10 heteroatoms. The Labute approximate surface area is 198 Å². The number of nitrogens with one attached hydrogen (secondary N) is 1. The molecule has 2 saturated heterocycles. The second-order valence-corrected chi connectivity index (χ2v) is 9.83. The maximum absolute atomic E-state index is 14.4. The van der Waals surface area contributed by atoms with E-state index in [4.69, 9.17) is 4.98 Å². The molecular weight excluding hydrogens is 462 g/mol. The number of nitrogens with zero attached hydrogens (tertiary/aromatic N) is 3. The highest BCUT2D eigenvalue weighted by atomic mass is 32.1. The number of hydrogen-bond acceptors (Lipinski definition) is 5. The summed E-state index contributed by atoms with van der Waals surface area (Å²) in [5.41, 5.74) is -1.15. The van der Waals surface area contributed by atoms with E-state index in [1.54, 1.807) is 16.2 Å². The molecular formula is C24H22F2N4O3S. The second-order valence-electron chi connectivity index (χ2n) is 8.77. The predicted molar refractivity (Wildman–Crippen MR) is 122 cm³/mol. The van der Waals surface area contributed by atoms with E-state index in [1.807, 2.05) is 24.3 Å². The Hall–Kier alpha value is -3.40. The second kappa shape index (κ2) is 8.43. The number of benzene rings is 2. The van der Waals surface area contributed by atoms with E-state index in [-0.39, 0.29) is 17.4 Å². The lowest BCUT2D eigenvalue weighted by Gasteiger charge is -2.32. The largest absolute Gasteiger partial charge is 0.340 e. The van der Waals surface area contributed by atoms with Crippen molar-refractivity contribution in [1.82, 2.24) is 20.1 Å². The van der Waals surface area contributed by atoms with Crippen LogP contribution in [0, 0.1) is 11.6 Å². The Bertz CT molecular complexity index is 1280. The molecule has 34 heavy (non-hydrogen) atoms. The van der Waals surface area contributed by atoms with Crippen molar-refractivity contribution in [2.45, 2.75) is 31.2 Å². The van der Waals surface area contributed by atoms with Crippen LogP contribution in [0.2, 0.25) is 0 Å². The number of amides is 4. The number of carbonyl (C=O) groups excluding carboxylic acids is 3. The van der Waals surface area contributed by atoms with E-state index in [9.17, 15) is 23.2 Å². The van der Waals surface area contributed by atoms with Crippen molar-refractivity contribution in [1.29, 1.82) is 0 Å². The normalized spacial score (nSPS) is 23.0. The number of hydrogen-bond donors (Lipinski definition) is 1. The topological polar surface area (TPSA) is 82.6 Å². The zero-order valence-electron chi connectivity index (χ0n) is 18.4. The van der Waals surface area contributed by atoms with Crippen LogP contribution in [0.5, 0.6) is 0 Å². The van der Waals surface area contributed by atoms with Gasteiger partial charge in [-0.2, -0.15) is 0 Å². The van der Waals surface area contributed by atoms with E-state index in [2.05, 4.69) is 5.32 Å². The van der Waals surface area contributed by atoms with Crippen LogP contribution in [-0.2, 0) is 15.1 Å². The lowest BCUT2D eigenvalue weighted by atomic mass is 9.91. The van der Waals surface area contributed by atoms with Crippen molar-refractivity contribution in [3.8, 4) is 0 Å². The molecule has 7 nitrogen and oxygen atoms in total. The van der Waals surface area contributed by atoms with Gasteiger partial charge in [-0.15, -0.1) is 11.3 Å². The van der Waals surface area contributed by atoms with E-state index in [1.165, 1.54) is 6.92 Å². The number of likely N-dealkylation sites (tertiary alicyclic amines) is 1. The minimum atomic E-state index is -1.80. The number of fused-ring (bicyclic) bond motifs is 1. The summed E-state index contributed by atoms with van der Waals surface area (Å²) in [7, 11) is 0. The number of piperidine rings is 1. The molecule has 3 heterocycles. The van der Waals surface area contributed by atoms with Gasteiger partial charge in [-0.1, -0.05) is 12.1 Å². The minimum absolute atomic E-state index is 0.0739. The SMILES string of the molecule is C[C@]1(c2cc(F)ccc2F)NC(=O)N(CC(=O)N2CCC[C@H](c3nc4ccccc4s3)C2)C1=O. The average molecular weight is 485 g/mol. The number of rotatable bonds is 4. The van der Waals surface area contributed by atoms with Crippen LogP contribution in [-0.4, -0.2) is 52.3 Å². The van der Waals surface area contributed by atoms with Crippen LogP contribution in [0.3, 0.4) is 0 Å². The first-order valence-corrected chi connectivity index (χ1v) is 11.8. The molecule has 0 radical (unpaired) electrons. The zero-order chi connectivity index (χ0) is 24.0. The van der Waals surface area contributed by atoms with Gasteiger partial charge in [0, 0.05) is 24.6 Å². The van der Waals surface area contributed by atoms with Gasteiger partial charge < -0.3 is 10.2 Å². The van der Waals surface area contributed by atoms with Crippen molar-refractivity contribution < 1.29 is 23.2 Å². The number of imide groups is 1. The maximum Gasteiger partial charge on any atom is 0.325 e. The van der Waals surface area contributed by atoms with Gasteiger partial charge in [-0.05, 0) is 50.1 Å². The molecule has 176 valence electrons. The van der Waals surface area contributed by atoms with Crippen molar-refractivity contribution in [2.24, 2.45) is 0 Å². The highest BCUT2D eigenvalue weighted by Gasteiger charge is 2.51. The highest BCUT2D eigenvalue weighted by molar-refractivity contribution is 7.18. The third-order valence-corrected chi connectivity index (χ3v) is 7.67. The van der Waals surface area contributed by atoms with E-state index in [0.717, 1.165) is 51.2 Å². The van der Waals surface area contributed by atoms with Crippen molar-refractivity contribution >= 4 is 39.4 Å². The minimum Gasteiger partial charge on any atom is -0.340 e. The van der Waals surface area contributed by atoms with Gasteiger partial charge in [0.2, 0.25) is 5.91 Å². The molecule has 0 bridgehead atoms. The zero-order valence-corrected chi connectivity index (χ0v) is 19.2. The Morgan fingerprint density at radius 1 is 1.24 bits per heavy atom. The van der Waals surface area contributed by atoms with Gasteiger partial charge in [0.25, 0.3) is 5.91 Å². The Kier molecular flexibility index (Phi) is 5.55. The molecule has 4 amide bonds. The first-order chi connectivity index (χ1) is 16.3. The fourth-order valence-electron chi connectivity index (χ4n) is 4.61. The molecule has 0 spiro atoms. The van der Waals surface area contributed by atoms with Gasteiger partial charge in [0.05, 0.1) is 15.2 Å². The smallest absolute Gasteiger partial charge is 0.325 e. The summed E-state index contributed by atoms with van der Waals surface area (Å²) in [6.45, 7) is 1.79. The fourth-order valence-corrected chi connectivity index (χ4v) is 5.70. The molecule has 2 fully saturated rings. The van der Waals surface area contributed by atoms with Gasteiger partial charge >= 0.3 is 6.03 Å². The lowest BCUT2D eigenvalue weighted by molar-refractivity contribution is -0.139. The van der Waals surface area contributed by atoms with Gasteiger partial charge in [-0.3, -0.25) is 14.5 Å². The van der Waals surface area contributed by atoms with Crippen molar-refractivity contribution in [2.75, 3.05) is 19.6 Å². The van der Waals surface area contributed by atoms with E-state index in [0.29, 0.717) is 13.1 Å². The van der Waals surface area contributed by atoms with E-state index >= 15 is 0 Å². The monoisotopic (exact) mass is 484 g/mol. The Morgan fingerprint density at radius 2 is 2.03 bits per heavy atom. The van der Waals surface area contributed by atoms with Crippen LogP contribution in [0.1, 0.15) is 36.3 Å². The molecule has 1 aromatic heterocycles. The summed E-state index contributed by atoms with van der Waals surface area (Å²) in [6.07, 6.45) is 1.67. The Balaban J connectivity index is 1.31. The summed E-state index contributed by atoms with van der Waals surface area (Å²) in [5, 5.41) is 3.38. The summed E-state index contributed by atoms with van der Waals surface area (Å²) < 4.78 is 29.2. The fraction of sp³-hybridized carbons (Fsp3) is 0.333. The average Bonchev–Trinajstić information content (AvgIpc) is 3.36. The summed E-state index contributed by atoms with van der Waals surface area (Å²) in [4.78, 5) is 45.8. The van der Waals surface area contributed by atoms with Crippen molar-refractivity contribution in [3.63, 3.8) is 0 Å². The molecule has 5 rings (SSSR count). The molecule has 2 aromatic carbocycles. The maximum atomic E-state index is 14.4. The number of thiazole rings is 1. The van der Waals surface area contributed by atoms with E-state index < -0.39 is 35.7 Å². The molecule has 2 aliphatic rings. The molecule has 0 aliphatic carbocycles. The Morgan fingerprint density at radius 3 is 2.82 bits per heavy atom. The van der Waals surface area contributed by atoms with Crippen LogP contribution < -0.4 is 5.32 Å². The standard InChI is InChI=1S/C24H22F2N4O3S/c1-24(16-11-15(25)8-9-17(16)26)22(32)30(23(33)28-24)13-20(31)29-10-4-5-14(12-29)21-27-18-6-2-3-7-19(18)34-21/h2-3,6-9,11,14H,4-5,10,12-13H2,1H3,(H,28,33)/t14-,24+/m0/s1. The molecule has 1 N–H and O–H groups in total. The van der Waals surface area contributed by atoms with Gasteiger partial charge in [-0.25, -0.2) is 18.6 Å². The first-order valence-electron chi connectivity index (χ1n) is 11.0. The number of aromatic nitrogens is 1. The molecule has 2 atom stereocenters. The van der Waals surface area contributed by atoms with Crippen LogP contribution in [0.15, 0.2) is 42.5 Å². The molecule has 2 aliphatic heterocycles. The molecule has 3 aromatic rings. The third kappa shape index (κ3) is 3.81. The number of halogens is 2. The third-order valence-electron chi connectivity index (χ3n) is 6.47.